The highest BCUT2D eigenvalue weighted by molar-refractivity contribution is 5.68. The monoisotopic (exact) mass is 508 g/mol. The summed E-state index contributed by atoms with van der Waals surface area (Å²) in [5, 5.41) is 20.0. The molecule has 0 fully saturated rings. The van der Waals surface area contributed by atoms with Crippen molar-refractivity contribution >= 4 is 17.9 Å². The number of hydrogen-bond acceptors (Lipinski definition) is 7. The van der Waals surface area contributed by atoms with Crippen LogP contribution in [0.5, 0.6) is 5.75 Å². The normalized spacial score (nSPS) is 12.7. The fourth-order valence-corrected chi connectivity index (χ4v) is 3.88. The van der Waals surface area contributed by atoms with Crippen molar-refractivity contribution in [2.45, 2.75) is 45.9 Å². The average molecular weight is 509 g/mol. The number of hydrogen-bond donors (Lipinski definition) is 3. The first-order valence-electron chi connectivity index (χ1n) is 12.0. The zero-order valence-corrected chi connectivity index (χ0v) is 21.4. The summed E-state index contributed by atoms with van der Waals surface area (Å²) in [6.07, 6.45) is 1.12. The summed E-state index contributed by atoms with van der Waals surface area (Å²) < 4.78 is 12.2. The van der Waals surface area contributed by atoms with Crippen LogP contribution in [0.25, 0.3) is 17.1 Å². The molecule has 11 heteroatoms. The topological polar surface area (TPSA) is 131 Å². The fourth-order valence-electron chi connectivity index (χ4n) is 3.88. The highest BCUT2D eigenvalue weighted by Gasteiger charge is 2.26. The minimum absolute atomic E-state index is 0.256. The van der Waals surface area contributed by atoms with Gasteiger partial charge in [-0.15, -0.1) is 0 Å². The molecular weight excluding hydrogens is 476 g/mol. The lowest BCUT2D eigenvalue weighted by Crippen LogP contribution is -2.33. The number of nitrogens with zero attached hydrogens (tertiary/aromatic N) is 4. The molecule has 1 aliphatic rings. The number of anilines is 1. The van der Waals surface area contributed by atoms with E-state index in [-0.39, 0.29) is 6.54 Å². The van der Waals surface area contributed by atoms with Crippen molar-refractivity contribution < 1.29 is 24.2 Å². The van der Waals surface area contributed by atoms with E-state index in [0.717, 1.165) is 34.0 Å². The number of carbonyl (C=O) groups excluding carboxylic acids is 1. The van der Waals surface area contributed by atoms with Gasteiger partial charge in [-0.2, -0.15) is 5.10 Å². The standard InChI is InChI=1S/C26H32N6O5/c1-26(2,3)37-24(33)28-11-5-10-27-19-12-21(17-6-8-20(36-4)9-7-17)29-23(13-19)32-15-18-14-31(25(34)35)16-22(18)30-32/h6-9,12-13,15H,5,10-11,14,16H2,1-4H3,(H,27,29)(H,28,33)(H,34,35). The summed E-state index contributed by atoms with van der Waals surface area (Å²) in [5.74, 6) is 1.36. The van der Waals surface area contributed by atoms with Gasteiger partial charge >= 0.3 is 12.2 Å². The van der Waals surface area contributed by atoms with E-state index in [4.69, 9.17) is 14.5 Å². The zero-order valence-electron chi connectivity index (χ0n) is 21.4. The van der Waals surface area contributed by atoms with Crippen LogP contribution in [0.3, 0.4) is 0 Å². The molecule has 196 valence electrons. The maximum absolute atomic E-state index is 11.8. The molecule has 0 spiro atoms. The van der Waals surface area contributed by atoms with Crippen molar-refractivity contribution in [2.75, 3.05) is 25.5 Å². The van der Waals surface area contributed by atoms with E-state index in [0.29, 0.717) is 31.9 Å². The van der Waals surface area contributed by atoms with Gasteiger partial charge < -0.3 is 25.2 Å². The quantitative estimate of drug-likeness (QED) is 0.385. The van der Waals surface area contributed by atoms with Gasteiger partial charge in [-0.1, -0.05) is 0 Å². The van der Waals surface area contributed by atoms with Crippen LogP contribution in [0.2, 0.25) is 0 Å². The highest BCUT2D eigenvalue weighted by atomic mass is 16.6. The van der Waals surface area contributed by atoms with Gasteiger partial charge in [0, 0.05) is 42.2 Å². The van der Waals surface area contributed by atoms with E-state index in [9.17, 15) is 14.7 Å². The number of pyridine rings is 1. The van der Waals surface area contributed by atoms with Crippen LogP contribution in [-0.4, -0.2) is 62.8 Å². The number of amides is 2. The number of carboxylic acid groups (broad SMARTS) is 1. The number of benzene rings is 1. The number of nitrogens with one attached hydrogen (secondary N) is 2. The summed E-state index contributed by atoms with van der Waals surface area (Å²) in [6.45, 7) is 7.12. The van der Waals surface area contributed by atoms with E-state index in [2.05, 4.69) is 15.7 Å². The second-order valence-electron chi connectivity index (χ2n) is 9.72. The first-order valence-corrected chi connectivity index (χ1v) is 12.0. The second kappa shape index (κ2) is 10.8. The van der Waals surface area contributed by atoms with Crippen LogP contribution in [0.4, 0.5) is 15.3 Å². The highest BCUT2D eigenvalue weighted by Crippen LogP contribution is 2.27. The molecule has 0 bridgehead atoms. The molecule has 0 atom stereocenters. The molecule has 0 saturated heterocycles. The van der Waals surface area contributed by atoms with Gasteiger partial charge in [0.1, 0.15) is 11.4 Å². The van der Waals surface area contributed by atoms with Gasteiger partial charge in [-0.05, 0) is 57.5 Å². The predicted molar refractivity (Wildman–Crippen MR) is 138 cm³/mol. The van der Waals surface area contributed by atoms with E-state index < -0.39 is 17.8 Å². The third-order valence-corrected chi connectivity index (χ3v) is 5.63. The Morgan fingerprint density at radius 2 is 1.86 bits per heavy atom. The van der Waals surface area contributed by atoms with Crippen LogP contribution < -0.4 is 15.4 Å². The summed E-state index contributed by atoms with van der Waals surface area (Å²) >= 11 is 0. The lowest BCUT2D eigenvalue weighted by Gasteiger charge is -2.19. The molecular formula is C26H32N6O5. The molecule has 2 amide bonds. The summed E-state index contributed by atoms with van der Waals surface area (Å²) in [6, 6.07) is 11.5. The lowest BCUT2D eigenvalue weighted by atomic mass is 10.1. The lowest BCUT2D eigenvalue weighted by molar-refractivity contribution is 0.0527. The van der Waals surface area contributed by atoms with Crippen molar-refractivity contribution in [2.24, 2.45) is 0 Å². The predicted octanol–water partition coefficient (Wildman–Crippen LogP) is 4.26. The molecule has 1 aromatic carbocycles. The van der Waals surface area contributed by atoms with E-state index >= 15 is 0 Å². The molecule has 0 radical (unpaired) electrons. The number of ether oxygens (including phenoxy) is 2. The number of methoxy groups -OCH3 is 1. The van der Waals surface area contributed by atoms with Crippen molar-refractivity contribution in [3.8, 4) is 22.8 Å². The van der Waals surface area contributed by atoms with Crippen molar-refractivity contribution in [3.05, 3.63) is 53.9 Å². The van der Waals surface area contributed by atoms with Gasteiger partial charge in [0.25, 0.3) is 0 Å². The molecule has 4 rings (SSSR count). The Morgan fingerprint density at radius 1 is 1.11 bits per heavy atom. The smallest absolute Gasteiger partial charge is 0.407 e. The number of alkyl carbamates (subject to hydrolysis) is 1. The summed E-state index contributed by atoms with van der Waals surface area (Å²) in [4.78, 5) is 29.3. The maximum Gasteiger partial charge on any atom is 0.407 e. The Bertz CT molecular complexity index is 1240. The molecule has 3 aromatic rings. The van der Waals surface area contributed by atoms with Gasteiger partial charge in [0.15, 0.2) is 5.82 Å². The molecule has 0 saturated carbocycles. The molecule has 3 N–H and O–H groups in total. The Balaban J connectivity index is 1.49. The van der Waals surface area contributed by atoms with Crippen LogP contribution in [0, 0.1) is 0 Å². The summed E-state index contributed by atoms with van der Waals surface area (Å²) in [5.41, 5.74) is 3.55. The molecule has 1 aliphatic heterocycles. The largest absolute Gasteiger partial charge is 0.497 e. The molecule has 3 heterocycles. The van der Waals surface area contributed by atoms with E-state index in [1.807, 2.05) is 63.4 Å². The van der Waals surface area contributed by atoms with E-state index in [1.165, 1.54) is 4.90 Å². The summed E-state index contributed by atoms with van der Waals surface area (Å²) in [7, 11) is 1.62. The van der Waals surface area contributed by atoms with Crippen molar-refractivity contribution in [3.63, 3.8) is 0 Å². The Morgan fingerprint density at radius 3 is 2.51 bits per heavy atom. The van der Waals surface area contributed by atoms with Crippen molar-refractivity contribution in [1.82, 2.24) is 25.0 Å². The first kappa shape index (κ1) is 25.8. The van der Waals surface area contributed by atoms with Crippen LogP contribution in [0.1, 0.15) is 38.4 Å². The number of aromatic nitrogens is 3. The Labute approximate surface area is 215 Å². The first-order chi connectivity index (χ1) is 17.6. The van der Waals surface area contributed by atoms with Gasteiger partial charge in [0.2, 0.25) is 0 Å². The third-order valence-electron chi connectivity index (χ3n) is 5.63. The molecule has 2 aromatic heterocycles. The van der Waals surface area contributed by atoms with E-state index in [1.54, 1.807) is 11.8 Å². The average Bonchev–Trinajstić information content (AvgIpc) is 3.43. The van der Waals surface area contributed by atoms with Gasteiger partial charge in [-0.25, -0.2) is 19.3 Å². The fraction of sp³-hybridized carbons (Fsp3) is 0.385. The van der Waals surface area contributed by atoms with Crippen molar-refractivity contribution in [1.29, 1.82) is 0 Å². The van der Waals surface area contributed by atoms with Crippen LogP contribution >= 0.6 is 0 Å². The molecule has 0 aliphatic carbocycles. The number of carbonyl (C=O) groups is 2. The van der Waals surface area contributed by atoms with Gasteiger partial charge in [0.05, 0.1) is 31.6 Å². The molecule has 0 unspecified atom stereocenters. The minimum Gasteiger partial charge on any atom is -0.497 e. The minimum atomic E-state index is -0.961. The zero-order chi connectivity index (χ0) is 26.6. The number of fused-ring (bicyclic) bond motifs is 1. The second-order valence-corrected chi connectivity index (χ2v) is 9.72. The maximum atomic E-state index is 11.8. The van der Waals surface area contributed by atoms with Gasteiger partial charge in [-0.3, -0.25) is 4.90 Å². The Kier molecular flexibility index (Phi) is 7.51. The Hall–Kier alpha value is -4.28. The SMILES string of the molecule is COc1ccc(-c2cc(NCCCNC(=O)OC(C)(C)C)cc(-n3cc4c(n3)CN(C(=O)O)C4)n2)cc1. The van der Waals surface area contributed by atoms with Crippen LogP contribution in [0.15, 0.2) is 42.6 Å². The molecule has 37 heavy (non-hydrogen) atoms. The third kappa shape index (κ3) is 6.69. The van der Waals surface area contributed by atoms with Crippen LogP contribution in [-0.2, 0) is 17.8 Å². The molecule has 11 nitrogen and oxygen atoms in total. The number of rotatable bonds is 8.